The standard InChI is InChI=1S/C15H17ClN6O/c1-9-3-13(18-8-17-9)22-10-4-11(22)7-21(6-10)12-5-19-20(2)15(23)14(12)16/h3,5,8,10-11H,4,6-7H2,1-2H3. The predicted octanol–water partition coefficient (Wildman–Crippen LogP) is 1.000. The molecule has 3 aliphatic rings. The zero-order valence-electron chi connectivity index (χ0n) is 13.0. The van der Waals surface area contributed by atoms with Crippen molar-refractivity contribution < 1.29 is 0 Å². The maximum atomic E-state index is 12.0. The van der Waals surface area contributed by atoms with Crippen molar-refractivity contribution in [1.82, 2.24) is 19.7 Å². The summed E-state index contributed by atoms with van der Waals surface area (Å²) in [5.41, 5.74) is 1.44. The molecule has 3 saturated heterocycles. The monoisotopic (exact) mass is 332 g/mol. The summed E-state index contributed by atoms with van der Waals surface area (Å²) < 4.78 is 1.26. The second-order valence-electron chi connectivity index (χ2n) is 6.15. The molecule has 2 unspecified atom stereocenters. The fourth-order valence-corrected chi connectivity index (χ4v) is 3.78. The molecule has 0 amide bonds. The Hall–Kier alpha value is -2.15. The van der Waals surface area contributed by atoms with Gasteiger partial charge >= 0.3 is 0 Å². The van der Waals surface area contributed by atoms with Crippen LogP contribution in [0.5, 0.6) is 0 Å². The molecule has 5 rings (SSSR count). The molecule has 0 radical (unpaired) electrons. The van der Waals surface area contributed by atoms with Gasteiger partial charge in [0.15, 0.2) is 0 Å². The van der Waals surface area contributed by atoms with Crippen molar-refractivity contribution in [2.45, 2.75) is 25.4 Å². The van der Waals surface area contributed by atoms with Crippen LogP contribution in [0.3, 0.4) is 0 Å². The molecule has 0 saturated carbocycles. The fraction of sp³-hybridized carbons (Fsp3) is 0.467. The van der Waals surface area contributed by atoms with Gasteiger partial charge in [-0.2, -0.15) is 5.10 Å². The molecule has 3 fully saturated rings. The zero-order chi connectivity index (χ0) is 16.1. The summed E-state index contributed by atoms with van der Waals surface area (Å²) in [7, 11) is 1.60. The number of halogens is 1. The van der Waals surface area contributed by atoms with E-state index in [1.165, 1.54) is 4.68 Å². The third-order valence-corrected chi connectivity index (χ3v) is 5.00. The van der Waals surface area contributed by atoms with Gasteiger partial charge in [-0.05, 0) is 13.3 Å². The van der Waals surface area contributed by atoms with Crippen molar-refractivity contribution in [3.8, 4) is 0 Å². The first-order valence-electron chi connectivity index (χ1n) is 7.58. The van der Waals surface area contributed by atoms with Crippen LogP contribution in [-0.4, -0.2) is 44.9 Å². The van der Waals surface area contributed by atoms with Crippen LogP contribution in [0.1, 0.15) is 12.1 Å². The number of aromatic nitrogens is 4. The summed E-state index contributed by atoms with van der Waals surface area (Å²) in [5, 5.41) is 4.33. The van der Waals surface area contributed by atoms with Crippen molar-refractivity contribution in [2.24, 2.45) is 7.05 Å². The maximum absolute atomic E-state index is 12.0. The molecule has 0 N–H and O–H groups in total. The highest BCUT2D eigenvalue weighted by Gasteiger charge is 2.45. The second kappa shape index (κ2) is 5.19. The highest BCUT2D eigenvalue weighted by Crippen LogP contribution is 2.38. The van der Waals surface area contributed by atoms with E-state index in [1.807, 2.05) is 13.0 Å². The Bertz CT molecular complexity index is 810. The molecule has 23 heavy (non-hydrogen) atoms. The lowest BCUT2D eigenvalue weighted by molar-refractivity contribution is 0.288. The molecule has 120 valence electrons. The number of fused-ring (bicyclic) bond motifs is 2. The van der Waals surface area contributed by atoms with Crippen molar-refractivity contribution in [3.63, 3.8) is 0 Å². The Morgan fingerprint density at radius 3 is 2.70 bits per heavy atom. The number of piperidine rings is 1. The molecule has 7 nitrogen and oxygen atoms in total. The zero-order valence-corrected chi connectivity index (χ0v) is 13.7. The lowest BCUT2D eigenvalue weighted by Crippen LogP contribution is -2.69. The minimum atomic E-state index is -0.258. The lowest BCUT2D eigenvalue weighted by Gasteiger charge is -2.57. The van der Waals surface area contributed by atoms with E-state index in [1.54, 1.807) is 19.6 Å². The van der Waals surface area contributed by atoms with E-state index < -0.39 is 0 Å². The van der Waals surface area contributed by atoms with Crippen LogP contribution in [-0.2, 0) is 7.05 Å². The summed E-state index contributed by atoms with van der Waals surface area (Å²) in [6.07, 6.45) is 4.42. The summed E-state index contributed by atoms with van der Waals surface area (Å²) >= 11 is 6.22. The maximum Gasteiger partial charge on any atom is 0.287 e. The summed E-state index contributed by atoms with van der Waals surface area (Å²) in [6.45, 7) is 3.60. The van der Waals surface area contributed by atoms with Gasteiger partial charge in [-0.1, -0.05) is 11.6 Å². The Morgan fingerprint density at radius 2 is 2.00 bits per heavy atom. The highest BCUT2D eigenvalue weighted by atomic mass is 35.5. The Morgan fingerprint density at radius 1 is 1.26 bits per heavy atom. The molecule has 0 aliphatic carbocycles. The minimum Gasteiger partial charge on any atom is -0.365 e. The quantitative estimate of drug-likeness (QED) is 0.817. The number of rotatable bonds is 2. The first-order chi connectivity index (χ1) is 11.0. The van der Waals surface area contributed by atoms with Crippen LogP contribution in [0, 0.1) is 6.92 Å². The van der Waals surface area contributed by atoms with E-state index in [4.69, 9.17) is 11.6 Å². The first-order valence-corrected chi connectivity index (χ1v) is 7.96. The lowest BCUT2D eigenvalue weighted by atomic mass is 9.87. The molecular weight excluding hydrogens is 316 g/mol. The van der Waals surface area contributed by atoms with Crippen LogP contribution in [0.25, 0.3) is 0 Å². The molecule has 0 spiro atoms. The van der Waals surface area contributed by atoms with E-state index in [2.05, 4.69) is 24.9 Å². The molecule has 0 aromatic carbocycles. The molecule has 5 heterocycles. The predicted molar refractivity (Wildman–Crippen MR) is 88.1 cm³/mol. The molecule has 2 atom stereocenters. The topological polar surface area (TPSA) is 67.2 Å². The van der Waals surface area contributed by atoms with E-state index >= 15 is 0 Å². The average Bonchev–Trinajstić information content (AvgIpc) is 2.53. The number of anilines is 2. The number of piperazine rings is 1. The van der Waals surface area contributed by atoms with Crippen molar-refractivity contribution in [2.75, 3.05) is 22.9 Å². The van der Waals surface area contributed by atoms with Gasteiger partial charge in [0.25, 0.3) is 5.56 Å². The van der Waals surface area contributed by atoms with Crippen LogP contribution in [0.15, 0.2) is 23.4 Å². The van der Waals surface area contributed by atoms with E-state index in [9.17, 15) is 4.79 Å². The molecule has 2 bridgehead atoms. The second-order valence-corrected chi connectivity index (χ2v) is 6.52. The first kappa shape index (κ1) is 14.4. The van der Waals surface area contributed by atoms with Crippen molar-refractivity contribution in [1.29, 1.82) is 0 Å². The average molecular weight is 333 g/mol. The summed E-state index contributed by atoms with van der Waals surface area (Å²) in [6, 6.07) is 2.77. The van der Waals surface area contributed by atoms with E-state index in [0.29, 0.717) is 12.1 Å². The van der Waals surface area contributed by atoms with E-state index in [-0.39, 0.29) is 10.6 Å². The molecule has 8 heteroatoms. The van der Waals surface area contributed by atoms with Gasteiger partial charge in [0.05, 0.1) is 24.0 Å². The van der Waals surface area contributed by atoms with Crippen LogP contribution in [0.4, 0.5) is 11.5 Å². The van der Waals surface area contributed by atoms with Crippen LogP contribution >= 0.6 is 11.6 Å². The number of hydrogen-bond acceptors (Lipinski definition) is 6. The summed E-state index contributed by atoms with van der Waals surface area (Å²) in [5.74, 6) is 0.978. The summed E-state index contributed by atoms with van der Waals surface area (Å²) in [4.78, 5) is 25.0. The molecule has 3 aliphatic heterocycles. The Balaban J connectivity index is 1.58. The van der Waals surface area contributed by atoms with Crippen molar-refractivity contribution >= 4 is 23.1 Å². The van der Waals surface area contributed by atoms with E-state index in [0.717, 1.165) is 36.7 Å². The number of hydrogen-bond donors (Lipinski definition) is 0. The number of aryl methyl sites for hydroxylation is 2. The SMILES string of the molecule is Cc1cc(N2C3CC2CN(c2cnn(C)c(=O)c2Cl)C3)ncn1. The van der Waals surface area contributed by atoms with Gasteiger partial charge in [0.1, 0.15) is 17.2 Å². The van der Waals surface area contributed by atoms with Gasteiger partial charge < -0.3 is 9.80 Å². The molecule has 2 aromatic heterocycles. The van der Waals surface area contributed by atoms with Gasteiger partial charge in [-0.25, -0.2) is 14.6 Å². The molecule has 2 aromatic rings. The van der Waals surface area contributed by atoms with Gasteiger partial charge in [0, 0.05) is 31.9 Å². The fourth-order valence-electron chi connectivity index (χ4n) is 3.48. The number of nitrogens with zero attached hydrogens (tertiary/aromatic N) is 6. The highest BCUT2D eigenvalue weighted by molar-refractivity contribution is 6.33. The molecular formula is C15H17ClN6O. The van der Waals surface area contributed by atoms with Gasteiger partial charge in [0.2, 0.25) is 0 Å². The van der Waals surface area contributed by atoms with Gasteiger partial charge in [-0.3, -0.25) is 4.79 Å². The Kier molecular flexibility index (Phi) is 3.26. The third kappa shape index (κ3) is 2.26. The van der Waals surface area contributed by atoms with Crippen LogP contribution < -0.4 is 15.4 Å². The third-order valence-electron chi connectivity index (χ3n) is 4.65. The van der Waals surface area contributed by atoms with Gasteiger partial charge in [-0.15, -0.1) is 0 Å². The largest absolute Gasteiger partial charge is 0.365 e. The van der Waals surface area contributed by atoms with Crippen LogP contribution in [0.2, 0.25) is 5.02 Å². The Labute approximate surface area is 138 Å². The van der Waals surface area contributed by atoms with Crippen molar-refractivity contribution in [3.05, 3.63) is 39.7 Å². The smallest absolute Gasteiger partial charge is 0.287 e. The minimum absolute atomic E-state index is 0.244. The normalized spacial score (nSPS) is 22.9.